The summed E-state index contributed by atoms with van der Waals surface area (Å²) in [6, 6.07) is 13.6. The molecule has 2 aliphatic heterocycles. The van der Waals surface area contributed by atoms with Gasteiger partial charge in [-0.2, -0.15) is 9.39 Å². The van der Waals surface area contributed by atoms with Gasteiger partial charge in [-0.25, -0.2) is 4.90 Å². The van der Waals surface area contributed by atoms with Gasteiger partial charge in [0.25, 0.3) is 5.91 Å². The second kappa shape index (κ2) is 6.97. The Kier molecular flexibility index (Phi) is 4.52. The number of rotatable bonds is 3. The van der Waals surface area contributed by atoms with Crippen LogP contribution >= 0.6 is 23.7 Å². The molecule has 4 rings (SSSR count). The van der Waals surface area contributed by atoms with Crippen LogP contribution < -0.4 is 0 Å². The maximum absolute atomic E-state index is 12.3. The van der Waals surface area contributed by atoms with Crippen LogP contribution in [0.5, 0.6) is 0 Å². The second-order valence-corrected chi connectivity index (χ2v) is 7.30. The summed E-state index contributed by atoms with van der Waals surface area (Å²) in [5, 5.41) is 9.55. The molecule has 2 aromatic rings. The van der Waals surface area contributed by atoms with E-state index < -0.39 is 5.91 Å². The van der Waals surface area contributed by atoms with Crippen molar-refractivity contribution in [2.45, 2.75) is 12.7 Å². The van der Waals surface area contributed by atoms with Gasteiger partial charge in [-0.1, -0.05) is 42.1 Å². The number of nitrogens with one attached hydrogen (secondary N) is 1. The quantitative estimate of drug-likeness (QED) is 0.638. The van der Waals surface area contributed by atoms with Gasteiger partial charge in [-0.15, -0.1) is 0 Å². The normalized spacial score (nSPS) is 18.2. The van der Waals surface area contributed by atoms with Crippen LogP contribution in [0.25, 0.3) is 6.08 Å². The van der Waals surface area contributed by atoms with E-state index in [4.69, 9.17) is 9.83 Å². The number of hydrogen-bond acceptors (Lipinski definition) is 6. The van der Waals surface area contributed by atoms with Crippen LogP contribution in [0, 0.1) is 12.3 Å². The molecule has 0 aliphatic carbocycles. The minimum Gasteiger partial charge on any atom is -0.462 e. The van der Waals surface area contributed by atoms with Crippen molar-refractivity contribution in [3.05, 3.63) is 65.1 Å². The molecule has 26 heavy (non-hydrogen) atoms. The maximum atomic E-state index is 12.3. The fraction of sp³-hybridized carbons (Fsp3) is 0.111. The number of amides is 1. The number of furan rings is 1. The van der Waals surface area contributed by atoms with Gasteiger partial charge in [0.15, 0.2) is 5.17 Å². The number of amidine groups is 3. The molecule has 3 heterocycles. The van der Waals surface area contributed by atoms with Gasteiger partial charge in [0.2, 0.25) is 5.17 Å². The van der Waals surface area contributed by atoms with Crippen molar-refractivity contribution < 1.29 is 9.21 Å². The number of carbonyl (C=O) groups excluding carboxylic acids is 1. The maximum Gasteiger partial charge on any atom is 0.283 e. The monoisotopic (exact) mass is 382 g/mol. The van der Waals surface area contributed by atoms with E-state index in [0.717, 1.165) is 29.0 Å². The highest BCUT2D eigenvalue weighted by Crippen LogP contribution is 2.33. The molecule has 2 aliphatic rings. The van der Waals surface area contributed by atoms with E-state index >= 15 is 0 Å². The Morgan fingerprint density at radius 2 is 2.08 bits per heavy atom. The third-order valence-corrected chi connectivity index (χ3v) is 5.58. The Morgan fingerprint density at radius 1 is 1.27 bits per heavy atom. The van der Waals surface area contributed by atoms with Gasteiger partial charge in [0, 0.05) is 5.75 Å². The molecule has 0 saturated heterocycles. The van der Waals surface area contributed by atoms with Crippen LogP contribution in [0.3, 0.4) is 0 Å². The van der Waals surface area contributed by atoms with Crippen molar-refractivity contribution in [1.82, 2.24) is 4.90 Å². The zero-order valence-corrected chi connectivity index (χ0v) is 15.4. The Hall–Kier alpha value is -2.58. The zero-order chi connectivity index (χ0) is 18.1. The third kappa shape index (κ3) is 3.25. The van der Waals surface area contributed by atoms with Crippen LogP contribution in [0.4, 0.5) is 0 Å². The largest absolute Gasteiger partial charge is 0.462 e. The van der Waals surface area contributed by atoms with Crippen LogP contribution in [0.15, 0.2) is 61.8 Å². The molecule has 0 bridgehead atoms. The first kappa shape index (κ1) is 16.9. The van der Waals surface area contributed by atoms with E-state index in [1.54, 1.807) is 17.0 Å². The van der Waals surface area contributed by atoms with Gasteiger partial charge < -0.3 is 4.42 Å². The summed E-state index contributed by atoms with van der Waals surface area (Å²) in [5.74, 6) is 1.61. The van der Waals surface area contributed by atoms with Crippen molar-refractivity contribution >= 4 is 51.9 Å². The minimum absolute atomic E-state index is 0.0679. The molecule has 0 unspecified atom stereocenters. The fourth-order valence-corrected chi connectivity index (χ4v) is 4.29. The number of carbonyl (C=O) groups is 1. The van der Waals surface area contributed by atoms with Crippen LogP contribution in [0.2, 0.25) is 0 Å². The van der Waals surface area contributed by atoms with Crippen molar-refractivity contribution in [2.75, 3.05) is 0 Å². The molecule has 1 aromatic carbocycles. The first-order valence-electron chi connectivity index (χ1n) is 7.84. The number of fused-ring (bicyclic) bond motifs is 1. The number of aliphatic imine (C=N–C) groups is 1. The SMILES string of the molecule is Cc1ccc(/C=C2/C(=N)N3C(SCc4ccccc4)=NSC3=NC2=O)o1. The van der Waals surface area contributed by atoms with E-state index in [2.05, 4.69) is 9.39 Å². The third-order valence-electron chi connectivity index (χ3n) is 3.75. The molecule has 8 heteroatoms. The minimum atomic E-state index is -0.452. The molecule has 130 valence electrons. The highest BCUT2D eigenvalue weighted by atomic mass is 32.2. The molecule has 1 aromatic heterocycles. The van der Waals surface area contributed by atoms with E-state index in [1.165, 1.54) is 11.8 Å². The van der Waals surface area contributed by atoms with Gasteiger partial charge >= 0.3 is 0 Å². The van der Waals surface area contributed by atoms with Crippen molar-refractivity contribution in [1.29, 1.82) is 5.41 Å². The van der Waals surface area contributed by atoms with Gasteiger partial charge in [-0.05, 0) is 30.7 Å². The Morgan fingerprint density at radius 3 is 2.81 bits per heavy atom. The average Bonchev–Trinajstić information content (AvgIpc) is 3.23. The molecular formula is C18H14N4O2S2. The standard InChI is InChI=1S/C18H14N4O2S2/c1-11-7-8-13(24-11)9-14-15(19)22-17(20-16(14)23)26-21-18(22)25-10-12-5-3-2-4-6-12/h2-9,19H,10H2,1H3/b14-9-,19-15?. The van der Waals surface area contributed by atoms with E-state index in [-0.39, 0.29) is 11.4 Å². The molecule has 1 N–H and O–H groups in total. The summed E-state index contributed by atoms with van der Waals surface area (Å²) in [7, 11) is 0. The van der Waals surface area contributed by atoms with Crippen LogP contribution in [0.1, 0.15) is 17.1 Å². The summed E-state index contributed by atoms with van der Waals surface area (Å²) in [6.07, 6.45) is 1.56. The lowest BCUT2D eigenvalue weighted by Gasteiger charge is -2.24. The molecular weight excluding hydrogens is 368 g/mol. The predicted molar refractivity (Wildman–Crippen MR) is 106 cm³/mol. The summed E-state index contributed by atoms with van der Waals surface area (Å²) in [5.41, 5.74) is 1.36. The lowest BCUT2D eigenvalue weighted by Crippen LogP contribution is -2.41. The Bertz CT molecular complexity index is 976. The predicted octanol–water partition coefficient (Wildman–Crippen LogP) is 4.10. The first-order chi connectivity index (χ1) is 12.6. The molecule has 0 radical (unpaired) electrons. The lowest BCUT2D eigenvalue weighted by atomic mass is 10.1. The topological polar surface area (TPSA) is 82.0 Å². The van der Waals surface area contributed by atoms with Crippen molar-refractivity contribution in [2.24, 2.45) is 9.39 Å². The smallest absolute Gasteiger partial charge is 0.283 e. The van der Waals surface area contributed by atoms with E-state index in [9.17, 15) is 4.79 Å². The Balaban J connectivity index is 1.57. The number of nitrogens with zero attached hydrogens (tertiary/aromatic N) is 3. The fourth-order valence-electron chi connectivity index (χ4n) is 2.49. The van der Waals surface area contributed by atoms with Gasteiger partial charge in [-0.3, -0.25) is 10.2 Å². The molecule has 0 spiro atoms. The molecule has 0 fully saturated rings. The summed E-state index contributed by atoms with van der Waals surface area (Å²) in [4.78, 5) is 18.0. The molecule has 0 atom stereocenters. The highest BCUT2D eigenvalue weighted by Gasteiger charge is 2.37. The number of benzene rings is 1. The highest BCUT2D eigenvalue weighted by molar-refractivity contribution is 8.18. The summed E-state index contributed by atoms with van der Waals surface area (Å²) >= 11 is 2.63. The Labute approximate surface area is 158 Å². The van der Waals surface area contributed by atoms with Gasteiger partial charge in [0.05, 0.1) is 17.5 Å². The summed E-state index contributed by atoms with van der Waals surface area (Å²) in [6.45, 7) is 1.83. The van der Waals surface area contributed by atoms with Crippen LogP contribution in [-0.2, 0) is 10.5 Å². The van der Waals surface area contributed by atoms with Gasteiger partial charge in [0.1, 0.15) is 17.4 Å². The number of thioether (sulfide) groups is 1. The average molecular weight is 382 g/mol. The lowest BCUT2D eigenvalue weighted by molar-refractivity contribution is -0.114. The van der Waals surface area contributed by atoms with Crippen LogP contribution in [-0.4, -0.2) is 27.0 Å². The zero-order valence-electron chi connectivity index (χ0n) is 13.8. The van der Waals surface area contributed by atoms with E-state index in [1.807, 2.05) is 43.3 Å². The number of hydrogen-bond donors (Lipinski definition) is 1. The molecule has 0 saturated carbocycles. The first-order valence-corrected chi connectivity index (χ1v) is 9.59. The molecule has 6 nitrogen and oxygen atoms in total. The number of aryl methyl sites for hydroxylation is 1. The molecule has 1 amide bonds. The summed E-state index contributed by atoms with van der Waals surface area (Å²) < 4.78 is 9.87. The van der Waals surface area contributed by atoms with Crippen molar-refractivity contribution in [3.8, 4) is 0 Å². The van der Waals surface area contributed by atoms with E-state index in [0.29, 0.717) is 16.1 Å². The second-order valence-electron chi connectivity index (χ2n) is 5.63. The van der Waals surface area contributed by atoms with Crippen molar-refractivity contribution in [3.63, 3.8) is 0 Å².